The van der Waals surface area contributed by atoms with E-state index in [2.05, 4.69) is 27.7 Å². The van der Waals surface area contributed by atoms with Gasteiger partial charge < -0.3 is 24.4 Å². The molecule has 29 heavy (non-hydrogen) atoms. The summed E-state index contributed by atoms with van der Waals surface area (Å²) in [4.78, 5) is 0. The van der Waals surface area contributed by atoms with E-state index in [1.807, 2.05) is 0 Å². The fraction of sp³-hybridized carbons (Fsp3) is 1.00. The van der Waals surface area contributed by atoms with Crippen molar-refractivity contribution in [1.29, 1.82) is 0 Å². The smallest absolute Gasteiger partial charge is 0.104 e. The Morgan fingerprint density at radius 3 is 1.34 bits per heavy atom. The monoisotopic (exact) mass is 418 g/mol. The summed E-state index contributed by atoms with van der Waals surface area (Å²) in [6.45, 7) is 10.8. The van der Waals surface area contributed by atoms with E-state index in [1.165, 1.54) is 51.4 Å². The Labute approximate surface area is 180 Å². The first-order valence-electron chi connectivity index (χ1n) is 12.2. The van der Waals surface area contributed by atoms with Crippen LogP contribution in [0.1, 0.15) is 91.9 Å². The van der Waals surface area contributed by atoms with Gasteiger partial charge in [0.05, 0.1) is 26.4 Å². The third-order valence-corrected chi connectivity index (χ3v) is 5.83. The molecule has 0 amide bonds. The number of unbranched alkanes of at least 4 members (excludes halogenated alkanes) is 2. The molecule has 5 heteroatoms. The van der Waals surface area contributed by atoms with Gasteiger partial charge in [-0.05, 0) is 24.7 Å². The molecular weight excluding hydrogens is 368 g/mol. The van der Waals surface area contributed by atoms with Crippen molar-refractivity contribution in [1.82, 2.24) is 0 Å². The van der Waals surface area contributed by atoms with E-state index < -0.39 is 12.2 Å². The van der Waals surface area contributed by atoms with E-state index in [1.54, 1.807) is 0 Å². The lowest BCUT2D eigenvalue weighted by Crippen LogP contribution is -2.34. The minimum atomic E-state index is -0.417. The van der Waals surface area contributed by atoms with Gasteiger partial charge in [-0.3, -0.25) is 0 Å². The minimum Gasteiger partial charge on any atom is -0.394 e. The number of aliphatic hydroxyl groups is 2. The largest absolute Gasteiger partial charge is 0.394 e. The first-order chi connectivity index (χ1) is 14.1. The van der Waals surface area contributed by atoms with Gasteiger partial charge in [-0.1, -0.05) is 79.1 Å². The lowest BCUT2D eigenvalue weighted by Gasteiger charge is -2.23. The van der Waals surface area contributed by atoms with Crippen LogP contribution in [-0.4, -0.2) is 62.1 Å². The molecule has 0 radical (unpaired) electrons. The summed E-state index contributed by atoms with van der Waals surface area (Å²) in [7, 11) is 0. The lowest BCUT2D eigenvalue weighted by atomic mass is 9.96. The van der Waals surface area contributed by atoms with Crippen molar-refractivity contribution in [2.75, 3.05) is 39.6 Å². The van der Waals surface area contributed by atoms with Gasteiger partial charge in [0.15, 0.2) is 0 Å². The molecule has 0 spiro atoms. The predicted molar refractivity (Wildman–Crippen MR) is 120 cm³/mol. The van der Waals surface area contributed by atoms with Crippen molar-refractivity contribution in [2.45, 2.75) is 104 Å². The van der Waals surface area contributed by atoms with Crippen molar-refractivity contribution >= 4 is 0 Å². The third-order valence-electron chi connectivity index (χ3n) is 5.83. The van der Waals surface area contributed by atoms with E-state index in [0.29, 0.717) is 38.3 Å². The normalized spacial score (nSPS) is 15.9. The molecule has 0 saturated carbocycles. The molecule has 0 aromatic rings. The Bertz CT molecular complexity index is 296. The van der Waals surface area contributed by atoms with Gasteiger partial charge in [0.1, 0.15) is 12.2 Å². The summed E-state index contributed by atoms with van der Waals surface area (Å²) in [5, 5.41) is 19.1. The van der Waals surface area contributed by atoms with Crippen molar-refractivity contribution in [3.63, 3.8) is 0 Å². The van der Waals surface area contributed by atoms with Crippen LogP contribution >= 0.6 is 0 Å². The van der Waals surface area contributed by atoms with Crippen molar-refractivity contribution in [2.24, 2.45) is 11.8 Å². The first-order valence-corrected chi connectivity index (χ1v) is 12.2. The topological polar surface area (TPSA) is 68.2 Å². The van der Waals surface area contributed by atoms with Gasteiger partial charge in [0, 0.05) is 13.2 Å². The van der Waals surface area contributed by atoms with Crippen LogP contribution in [0.2, 0.25) is 0 Å². The van der Waals surface area contributed by atoms with Gasteiger partial charge in [-0.15, -0.1) is 0 Å². The maximum atomic E-state index is 9.57. The van der Waals surface area contributed by atoms with Crippen molar-refractivity contribution in [3.05, 3.63) is 0 Å². The molecule has 0 aromatic carbocycles. The van der Waals surface area contributed by atoms with Crippen LogP contribution in [0, 0.1) is 11.8 Å². The molecule has 4 atom stereocenters. The Hall–Kier alpha value is -0.200. The van der Waals surface area contributed by atoms with Crippen LogP contribution in [0.3, 0.4) is 0 Å². The quantitative estimate of drug-likeness (QED) is 0.243. The second kappa shape index (κ2) is 21.0. The van der Waals surface area contributed by atoms with Crippen LogP contribution in [0.5, 0.6) is 0 Å². The first kappa shape index (κ1) is 28.8. The van der Waals surface area contributed by atoms with Gasteiger partial charge in [-0.25, -0.2) is 0 Å². The minimum absolute atomic E-state index is 0.113. The van der Waals surface area contributed by atoms with Crippen LogP contribution in [0.4, 0.5) is 0 Å². The third kappa shape index (κ3) is 16.2. The van der Waals surface area contributed by atoms with E-state index in [0.717, 1.165) is 12.8 Å². The zero-order valence-corrected chi connectivity index (χ0v) is 19.7. The van der Waals surface area contributed by atoms with E-state index in [-0.39, 0.29) is 13.2 Å². The number of rotatable bonds is 22. The maximum absolute atomic E-state index is 9.57. The molecule has 0 aliphatic heterocycles. The summed E-state index contributed by atoms with van der Waals surface area (Å²) >= 11 is 0. The molecular formula is C24H50O5. The average Bonchev–Trinajstić information content (AvgIpc) is 2.75. The molecule has 0 aliphatic carbocycles. The maximum Gasteiger partial charge on any atom is 0.104 e. The van der Waals surface area contributed by atoms with E-state index in [9.17, 15) is 10.2 Å². The average molecular weight is 419 g/mol. The second-order valence-electron chi connectivity index (χ2n) is 8.31. The second-order valence-corrected chi connectivity index (χ2v) is 8.31. The van der Waals surface area contributed by atoms with Crippen LogP contribution < -0.4 is 0 Å². The van der Waals surface area contributed by atoms with E-state index >= 15 is 0 Å². The number of ether oxygens (including phenoxy) is 3. The molecule has 0 aromatic heterocycles. The molecule has 0 aliphatic rings. The molecule has 0 heterocycles. The summed E-state index contributed by atoms with van der Waals surface area (Å²) in [5.41, 5.74) is 0. The number of hydrogen-bond acceptors (Lipinski definition) is 5. The highest BCUT2D eigenvalue weighted by Gasteiger charge is 2.17. The van der Waals surface area contributed by atoms with Crippen LogP contribution in [-0.2, 0) is 14.2 Å². The van der Waals surface area contributed by atoms with Gasteiger partial charge >= 0.3 is 0 Å². The lowest BCUT2D eigenvalue weighted by molar-refractivity contribution is -0.116. The summed E-state index contributed by atoms with van der Waals surface area (Å²) in [6, 6.07) is 0. The highest BCUT2D eigenvalue weighted by molar-refractivity contribution is 4.63. The fourth-order valence-electron chi connectivity index (χ4n) is 3.56. The summed E-state index contributed by atoms with van der Waals surface area (Å²) < 4.78 is 17.3. The van der Waals surface area contributed by atoms with Crippen molar-refractivity contribution in [3.8, 4) is 0 Å². The Morgan fingerprint density at radius 2 is 1.03 bits per heavy atom. The fourth-order valence-corrected chi connectivity index (χ4v) is 3.56. The molecule has 176 valence electrons. The molecule has 0 fully saturated rings. The molecule has 0 bridgehead atoms. The number of hydrogen-bond donors (Lipinski definition) is 2. The zero-order chi connectivity index (χ0) is 21.7. The Kier molecular flexibility index (Phi) is 20.9. The summed E-state index contributed by atoms with van der Waals surface area (Å²) in [5.74, 6) is 1.43. The van der Waals surface area contributed by atoms with Crippen molar-refractivity contribution < 1.29 is 24.4 Å². The molecule has 4 unspecified atom stereocenters. The SMILES string of the molecule is CCCCC(CC)CCOCC(CO)OC(CO)COCCC(CC)CCCC. The highest BCUT2D eigenvalue weighted by Crippen LogP contribution is 2.17. The predicted octanol–water partition coefficient (Wildman–Crippen LogP) is 4.97. The molecule has 0 rings (SSSR count). The standard InChI is InChI=1S/C24H50O5/c1-5-9-11-21(7-3)13-15-27-19-23(17-25)29-24(18-26)20-28-16-14-22(8-4)12-10-6-2/h21-26H,5-20H2,1-4H3. The molecule has 0 saturated heterocycles. The zero-order valence-electron chi connectivity index (χ0n) is 19.7. The van der Waals surface area contributed by atoms with Crippen LogP contribution in [0.15, 0.2) is 0 Å². The van der Waals surface area contributed by atoms with Gasteiger partial charge in [0.2, 0.25) is 0 Å². The van der Waals surface area contributed by atoms with Gasteiger partial charge in [0.25, 0.3) is 0 Å². The van der Waals surface area contributed by atoms with E-state index in [4.69, 9.17) is 14.2 Å². The van der Waals surface area contributed by atoms with Gasteiger partial charge in [-0.2, -0.15) is 0 Å². The molecule has 5 nitrogen and oxygen atoms in total. The Morgan fingerprint density at radius 1 is 0.621 bits per heavy atom. The molecule has 2 N–H and O–H groups in total. The number of aliphatic hydroxyl groups excluding tert-OH is 2. The Balaban J connectivity index is 4.02. The van der Waals surface area contributed by atoms with Crippen LogP contribution in [0.25, 0.3) is 0 Å². The summed E-state index contributed by atoms with van der Waals surface area (Å²) in [6.07, 6.45) is 11.2. The highest BCUT2D eigenvalue weighted by atomic mass is 16.6.